The van der Waals surface area contributed by atoms with E-state index in [-0.39, 0.29) is 0 Å². The standard InChI is InChI=1S/C17H26O3/c1-3-5-6-12-18-16-9-7-15(8-10-16)17(11-4-2)19-13-14-20-17/h7-10H,3-6,11-14H2,1-2H3. The van der Waals surface area contributed by atoms with Crippen LogP contribution in [0.2, 0.25) is 0 Å². The highest BCUT2D eigenvalue weighted by atomic mass is 16.7. The first-order chi connectivity index (χ1) is 9.80. The van der Waals surface area contributed by atoms with Crippen molar-refractivity contribution >= 4 is 0 Å². The molecule has 1 aliphatic heterocycles. The fourth-order valence-corrected chi connectivity index (χ4v) is 2.59. The van der Waals surface area contributed by atoms with Crippen LogP contribution in [0.25, 0.3) is 0 Å². The molecule has 0 aliphatic carbocycles. The highest BCUT2D eigenvalue weighted by Gasteiger charge is 2.37. The minimum Gasteiger partial charge on any atom is -0.494 e. The van der Waals surface area contributed by atoms with Crippen molar-refractivity contribution in [2.45, 2.75) is 51.7 Å². The van der Waals surface area contributed by atoms with E-state index in [0.717, 1.165) is 37.2 Å². The molecule has 0 amide bonds. The Hall–Kier alpha value is -1.06. The van der Waals surface area contributed by atoms with Gasteiger partial charge in [0.1, 0.15) is 5.75 Å². The Morgan fingerprint density at radius 1 is 1.00 bits per heavy atom. The van der Waals surface area contributed by atoms with Crippen LogP contribution >= 0.6 is 0 Å². The van der Waals surface area contributed by atoms with Gasteiger partial charge in [-0.15, -0.1) is 0 Å². The quantitative estimate of drug-likeness (QED) is 0.665. The van der Waals surface area contributed by atoms with Crippen molar-refractivity contribution in [1.82, 2.24) is 0 Å². The van der Waals surface area contributed by atoms with Crippen molar-refractivity contribution < 1.29 is 14.2 Å². The third-order valence-electron chi connectivity index (χ3n) is 3.64. The van der Waals surface area contributed by atoms with E-state index in [4.69, 9.17) is 14.2 Å². The first-order valence-electron chi connectivity index (χ1n) is 7.82. The second-order valence-electron chi connectivity index (χ2n) is 5.28. The average molecular weight is 278 g/mol. The zero-order chi connectivity index (χ0) is 14.3. The Bertz CT molecular complexity index is 380. The Kier molecular flexibility index (Phi) is 5.86. The summed E-state index contributed by atoms with van der Waals surface area (Å²) in [5.41, 5.74) is 1.10. The van der Waals surface area contributed by atoms with Gasteiger partial charge in [-0.2, -0.15) is 0 Å². The SMILES string of the molecule is CCCCCOc1ccc(C2(CCC)OCCO2)cc1. The summed E-state index contributed by atoms with van der Waals surface area (Å²) in [6.45, 7) is 6.49. The topological polar surface area (TPSA) is 27.7 Å². The van der Waals surface area contributed by atoms with Crippen LogP contribution in [0.1, 0.15) is 51.5 Å². The minimum absolute atomic E-state index is 0.532. The molecule has 0 unspecified atom stereocenters. The average Bonchev–Trinajstić information content (AvgIpc) is 2.94. The molecule has 1 fully saturated rings. The van der Waals surface area contributed by atoms with Gasteiger partial charge >= 0.3 is 0 Å². The molecule has 3 heteroatoms. The molecule has 0 saturated carbocycles. The van der Waals surface area contributed by atoms with Gasteiger partial charge in [0.15, 0.2) is 5.79 Å². The number of unbranched alkanes of at least 4 members (excludes halogenated alkanes) is 2. The summed E-state index contributed by atoms with van der Waals surface area (Å²) in [6.07, 6.45) is 5.49. The van der Waals surface area contributed by atoms with Gasteiger partial charge in [0, 0.05) is 12.0 Å². The Morgan fingerprint density at radius 2 is 1.70 bits per heavy atom. The highest BCUT2D eigenvalue weighted by Crippen LogP contribution is 2.36. The van der Waals surface area contributed by atoms with Gasteiger partial charge in [-0.1, -0.05) is 33.1 Å². The predicted molar refractivity (Wildman–Crippen MR) is 80.0 cm³/mol. The lowest BCUT2D eigenvalue weighted by molar-refractivity contribution is -0.170. The van der Waals surface area contributed by atoms with Crippen LogP contribution in [0.4, 0.5) is 0 Å². The van der Waals surface area contributed by atoms with Crippen LogP contribution < -0.4 is 4.74 Å². The van der Waals surface area contributed by atoms with E-state index in [2.05, 4.69) is 26.0 Å². The molecule has 0 bridgehead atoms. The Morgan fingerprint density at radius 3 is 2.30 bits per heavy atom. The minimum atomic E-state index is -0.532. The maximum Gasteiger partial charge on any atom is 0.194 e. The number of hydrogen-bond acceptors (Lipinski definition) is 3. The normalized spacial score (nSPS) is 17.3. The number of ether oxygens (including phenoxy) is 3. The Balaban J connectivity index is 1.96. The summed E-state index contributed by atoms with van der Waals surface area (Å²) < 4.78 is 17.5. The molecule has 2 rings (SSSR count). The summed E-state index contributed by atoms with van der Waals surface area (Å²) in [5, 5.41) is 0. The highest BCUT2D eigenvalue weighted by molar-refractivity contribution is 5.30. The fourth-order valence-electron chi connectivity index (χ4n) is 2.59. The summed E-state index contributed by atoms with van der Waals surface area (Å²) >= 11 is 0. The van der Waals surface area contributed by atoms with Crippen molar-refractivity contribution in [2.75, 3.05) is 19.8 Å². The molecular formula is C17H26O3. The van der Waals surface area contributed by atoms with E-state index < -0.39 is 5.79 Å². The van der Waals surface area contributed by atoms with E-state index in [0.29, 0.717) is 13.2 Å². The molecule has 1 aromatic rings. The van der Waals surface area contributed by atoms with Crippen molar-refractivity contribution in [1.29, 1.82) is 0 Å². The monoisotopic (exact) mass is 278 g/mol. The van der Waals surface area contributed by atoms with Crippen LogP contribution in [0.3, 0.4) is 0 Å². The van der Waals surface area contributed by atoms with Gasteiger partial charge in [0.2, 0.25) is 0 Å². The van der Waals surface area contributed by atoms with Gasteiger partial charge in [-0.25, -0.2) is 0 Å². The lowest BCUT2D eigenvalue weighted by Crippen LogP contribution is -2.26. The predicted octanol–water partition coefficient (Wildman–Crippen LogP) is 4.26. The molecule has 0 spiro atoms. The van der Waals surface area contributed by atoms with Gasteiger partial charge in [0.25, 0.3) is 0 Å². The van der Waals surface area contributed by atoms with Crippen molar-refractivity contribution in [2.24, 2.45) is 0 Å². The molecule has 112 valence electrons. The Labute approximate surface area is 122 Å². The van der Waals surface area contributed by atoms with Crippen LogP contribution in [0.15, 0.2) is 24.3 Å². The zero-order valence-electron chi connectivity index (χ0n) is 12.7. The third-order valence-corrected chi connectivity index (χ3v) is 3.64. The van der Waals surface area contributed by atoms with Crippen LogP contribution in [-0.4, -0.2) is 19.8 Å². The third kappa shape index (κ3) is 3.74. The zero-order valence-corrected chi connectivity index (χ0v) is 12.7. The van der Waals surface area contributed by atoms with Gasteiger partial charge < -0.3 is 14.2 Å². The molecule has 20 heavy (non-hydrogen) atoms. The van der Waals surface area contributed by atoms with Crippen LogP contribution in [0.5, 0.6) is 5.75 Å². The molecule has 1 heterocycles. The lowest BCUT2D eigenvalue weighted by Gasteiger charge is -2.27. The second kappa shape index (κ2) is 7.65. The largest absolute Gasteiger partial charge is 0.494 e. The molecule has 0 radical (unpaired) electrons. The van der Waals surface area contributed by atoms with E-state index in [9.17, 15) is 0 Å². The van der Waals surface area contributed by atoms with Crippen LogP contribution in [0, 0.1) is 0 Å². The molecule has 3 nitrogen and oxygen atoms in total. The number of rotatable bonds is 8. The van der Waals surface area contributed by atoms with E-state index in [1.807, 2.05) is 12.1 Å². The molecular weight excluding hydrogens is 252 g/mol. The van der Waals surface area contributed by atoms with E-state index in [1.165, 1.54) is 12.8 Å². The summed E-state index contributed by atoms with van der Waals surface area (Å²) in [6, 6.07) is 8.17. The summed E-state index contributed by atoms with van der Waals surface area (Å²) in [4.78, 5) is 0. The molecule has 1 aromatic carbocycles. The van der Waals surface area contributed by atoms with Crippen LogP contribution in [-0.2, 0) is 15.3 Å². The smallest absolute Gasteiger partial charge is 0.194 e. The second-order valence-corrected chi connectivity index (χ2v) is 5.28. The van der Waals surface area contributed by atoms with Gasteiger partial charge in [-0.3, -0.25) is 0 Å². The lowest BCUT2D eigenvalue weighted by atomic mass is 10.0. The fraction of sp³-hybridized carbons (Fsp3) is 0.647. The molecule has 1 saturated heterocycles. The van der Waals surface area contributed by atoms with E-state index in [1.54, 1.807) is 0 Å². The van der Waals surface area contributed by atoms with Gasteiger partial charge in [-0.05, 0) is 30.7 Å². The molecule has 0 aromatic heterocycles. The van der Waals surface area contributed by atoms with Crippen molar-refractivity contribution in [3.05, 3.63) is 29.8 Å². The number of hydrogen-bond donors (Lipinski definition) is 0. The van der Waals surface area contributed by atoms with Crippen molar-refractivity contribution in [3.8, 4) is 5.75 Å². The number of benzene rings is 1. The van der Waals surface area contributed by atoms with Crippen molar-refractivity contribution in [3.63, 3.8) is 0 Å². The summed E-state index contributed by atoms with van der Waals surface area (Å²) in [7, 11) is 0. The first kappa shape index (κ1) is 15.3. The maximum absolute atomic E-state index is 5.86. The molecule has 1 aliphatic rings. The summed E-state index contributed by atoms with van der Waals surface area (Å²) in [5.74, 6) is 0.393. The molecule has 0 atom stereocenters. The molecule has 0 N–H and O–H groups in total. The first-order valence-corrected chi connectivity index (χ1v) is 7.82. The van der Waals surface area contributed by atoms with Gasteiger partial charge in [0.05, 0.1) is 19.8 Å². The maximum atomic E-state index is 5.86. The van der Waals surface area contributed by atoms with E-state index >= 15 is 0 Å².